The number of aliphatic hydroxyl groups excluding tert-OH is 2. The Morgan fingerprint density at radius 1 is 1.20 bits per heavy atom. The summed E-state index contributed by atoms with van der Waals surface area (Å²) in [6.07, 6.45) is 1.03. The van der Waals surface area contributed by atoms with Crippen molar-refractivity contribution in [3.05, 3.63) is 57.6 Å². The van der Waals surface area contributed by atoms with Gasteiger partial charge in [-0.1, -0.05) is 23.7 Å². The maximum Gasteiger partial charge on any atom is 0.130 e. The average Bonchev–Trinajstić information content (AvgIpc) is 3.05. The van der Waals surface area contributed by atoms with E-state index in [1.165, 1.54) is 0 Å². The molecule has 0 amide bonds. The van der Waals surface area contributed by atoms with Crippen LogP contribution in [0.5, 0.6) is 11.5 Å². The van der Waals surface area contributed by atoms with Gasteiger partial charge in [0.25, 0.3) is 0 Å². The first-order valence-corrected chi connectivity index (χ1v) is 10.8. The Hall–Kier alpha value is -1.79. The summed E-state index contributed by atoms with van der Waals surface area (Å²) in [5.41, 5.74) is 3.66. The maximum absolute atomic E-state index is 10.3. The van der Waals surface area contributed by atoms with Crippen molar-refractivity contribution in [2.75, 3.05) is 13.7 Å². The summed E-state index contributed by atoms with van der Waals surface area (Å²) in [5.74, 6) is 1.58. The Bertz CT molecular complexity index is 909. The van der Waals surface area contributed by atoms with Crippen LogP contribution in [0.3, 0.4) is 0 Å². The zero-order valence-corrected chi connectivity index (χ0v) is 18.4. The van der Waals surface area contributed by atoms with E-state index in [4.69, 9.17) is 25.8 Å². The van der Waals surface area contributed by atoms with Crippen LogP contribution in [0.25, 0.3) is 0 Å². The lowest BCUT2D eigenvalue weighted by Crippen LogP contribution is -2.33. The first-order chi connectivity index (χ1) is 14.3. The van der Waals surface area contributed by atoms with Gasteiger partial charge in [-0.25, -0.2) is 0 Å². The molecule has 3 atom stereocenters. The van der Waals surface area contributed by atoms with E-state index in [2.05, 4.69) is 0 Å². The number of hydrogen-bond acceptors (Lipinski definition) is 5. The Balaban J connectivity index is 1.73. The normalized spacial score (nSPS) is 24.9. The highest BCUT2D eigenvalue weighted by Gasteiger charge is 2.39. The largest absolute Gasteiger partial charge is 0.497 e. The monoisotopic (exact) mass is 432 g/mol. The van der Waals surface area contributed by atoms with Gasteiger partial charge in [-0.15, -0.1) is 0 Å². The first kappa shape index (κ1) is 21.4. The third kappa shape index (κ3) is 4.30. The Morgan fingerprint density at radius 3 is 2.60 bits per heavy atom. The molecule has 2 N–H and O–H groups in total. The maximum atomic E-state index is 10.3. The molecule has 2 aliphatic rings. The van der Waals surface area contributed by atoms with Gasteiger partial charge in [0.1, 0.15) is 17.1 Å². The first-order valence-electron chi connectivity index (χ1n) is 10.4. The summed E-state index contributed by atoms with van der Waals surface area (Å²) in [4.78, 5) is 0. The molecule has 2 heterocycles. The summed E-state index contributed by atoms with van der Waals surface area (Å²) < 4.78 is 17.6. The Morgan fingerprint density at radius 2 is 1.93 bits per heavy atom. The minimum atomic E-state index is -0.522. The summed E-state index contributed by atoms with van der Waals surface area (Å²) in [6.45, 7) is 3.97. The van der Waals surface area contributed by atoms with Gasteiger partial charge in [0, 0.05) is 30.4 Å². The van der Waals surface area contributed by atoms with Crippen LogP contribution in [0.2, 0.25) is 5.02 Å². The highest BCUT2D eigenvalue weighted by molar-refractivity contribution is 6.32. The number of fused-ring (bicyclic) bond motifs is 1. The molecule has 6 heteroatoms. The molecule has 0 saturated carbocycles. The lowest BCUT2D eigenvalue weighted by Gasteiger charge is -2.33. The van der Waals surface area contributed by atoms with E-state index in [-0.39, 0.29) is 24.4 Å². The second kappa shape index (κ2) is 8.39. The van der Waals surface area contributed by atoms with Crippen LogP contribution in [-0.4, -0.2) is 41.7 Å². The van der Waals surface area contributed by atoms with Gasteiger partial charge in [0.05, 0.1) is 37.1 Å². The zero-order chi connectivity index (χ0) is 21.5. The number of ether oxygens (including phenoxy) is 3. The van der Waals surface area contributed by atoms with E-state index in [1.54, 1.807) is 7.11 Å². The lowest BCUT2D eigenvalue weighted by atomic mass is 9.90. The van der Waals surface area contributed by atoms with E-state index in [1.807, 2.05) is 44.2 Å². The van der Waals surface area contributed by atoms with Gasteiger partial charge >= 0.3 is 0 Å². The Labute approximate surface area is 182 Å². The predicted octanol–water partition coefficient (Wildman–Crippen LogP) is 4.23. The zero-order valence-electron chi connectivity index (χ0n) is 17.7. The predicted molar refractivity (Wildman–Crippen MR) is 116 cm³/mol. The summed E-state index contributed by atoms with van der Waals surface area (Å²) in [7, 11) is 1.65. The fraction of sp³-hybridized carbons (Fsp3) is 0.500. The molecule has 4 rings (SSSR count). The summed E-state index contributed by atoms with van der Waals surface area (Å²) in [6, 6.07) is 9.99. The topological polar surface area (TPSA) is 68.2 Å². The molecule has 0 aliphatic carbocycles. The molecule has 162 valence electrons. The van der Waals surface area contributed by atoms with Gasteiger partial charge in [0.2, 0.25) is 0 Å². The fourth-order valence-corrected chi connectivity index (χ4v) is 4.71. The quantitative estimate of drug-likeness (QED) is 0.740. The Kier molecular flexibility index (Phi) is 5.99. The van der Waals surface area contributed by atoms with Crippen LogP contribution in [0.1, 0.15) is 55.0 Å². The molecule has 0 bridgehead atoms. The number of rotatable bonds is 5. The molecule has 5 nitrogen and oxygen atoms in total. The number of hydrogen-bond donors (Lipinski definition) is 2. The lowest BCUT2D eigenvalue weighted by molar-refractivity contribution is -0.114. The number of halogens is 1. The fourth-order valence-electron chi connectivity index (χ4n) is 4.44. The number of methoxy groups -OCH3 is 1. The molecule has 1 saturated heterocycles. The molecule has 1 fully saturated rings. The van der Waals surface area contributed by atoms with Gasteiger partial charge in [-0.05, 0) is 49.6 Å². The molecular weight excluding hydrogens is 404 g/mol. The second-order valence-electron chi connectivity index (χ2n) is 8.86. The van der Waals surface area contributed by atoms with Crippen molar-refractivity contribution in [1.82, 2.24) is 0 Å². The van der Waals surface area contributed by atoms with Crippen molar-refractivity contribution in [2.24, 2.45) is 0 Å². The van der Waals surface area contributed by atoms with Gasteiger partial charge in [-0.3, -0.25) is 0 Å². The highest BCUT2D eigenvalue weighted by atomic mass is 35.5. The molecule has 2 aromatic rings. The average molecular weight is 433 g/mol. The molecular formula is C24H29ClO5. The summed E-state index contributed by atoms with van der Waals surface area (Å²) in [5, 5.41) is 20.6. The molecule has 0 aromatic heterocycles. The van der Waals surface area contributed by atoms with Crippen LogP contribution in [-0.2, 0) is 17.6 Å². The van der Waals surface area contributed by atoms with Crippen LogP contribution in [0.4, 0.5) is 0 Å². The van der Waals surface area contributed by atoms with E-state index in [0.29, 0.717) is 25.7 Å². The third-order valence-electron chi connectivity index (χ3n) is 5.88. The molecule has 3 unspecified atom stereocenters. The van der Waals surface area contributed by atoms with Crippen LogP contribution in [0.15, 0.2) is 30.3 Å². The van der Waals surface area contributed by atoms with Crippen LogP contribution in [0, 0.1) is 0 Å². The van der Waals surface area contributed by atoms with Crippen molar-refractivity contribution < 1.29 is 24.4 Å². The van der Waals surface area contributed by atoms with Gasteiger partial charge in [0.15, 0.2) is 0 Å². The van der Waals surface area contributed by atoms with Crippen LogP contribution >= 0.6 is 11.6 Å². The van der Waals surface area contributed by atoms with Crippen molar-refractivity contribution in [3.63, 3.8) is 0 Å². The highest BCUT2D eigenvalue weighted by Crippen LogP contribution is 2.48. The van der Waals surface area contributed by atoms with E-state index >= 15 is 0 Å². The number of benzene rings is 2. The molecule has 0 spiro atoms. The van der Waals surface area contributed by atoms with Crippen molar-refractivity contribution in [1.29, 1.82) is 0 Å². The molecule has 0 radical (unpaired) electrons. The third-order valence-corrected chi connectivity index (χ3v) is 6.35. The van der Waals surface area contributed by atoms with Gasteiger partial charge in [-0.2, -0.15) is 0 Å². The van der Waals surface area contributed by atoms with Gasteiger partial charge < -0.3 is 24.4 Å². The van der Waals surface area contributed by atoms with Crippen molar-refractivity contribution in [2.45, 2.75) is 63.4 Å². The molecule has 2 aliphatic heterocycles. The SMILES string of the molecule is COc1ccc(Cc2cc(C3CC(O)CC(CO)O3)c3c(c2Cl)CC(C)(C)O3)cc1. The van der Waals surface area contributed by atoms with Crippen molar-refractivity contribution >= 4 is 11.6 Å². The summed E-state index contributed by atoms with van der Waals surface area (Å²) >= 11 is 6.85. The van der Waals surface area contributed by atoms with Crippen LogP contribution < -0.4 is 9.47 Å². The minimum absolute atomic E-state index is 0.117. The number of aliphatic hydroxyl groups is 2. The van der Waals surface area contributed by atoms with E-state index in [9.17, 15) is 10.2 Å². The second-order valence-corrected chi connectivity index (χ2v) is 9.24. The van der Waals surface area contributed by atoms with E-state index < -0.39 is 6.10 Å². The standard InChI is InChI=1S/C24H29ClO5/c1-24(2)12-20-22(25)15(8-14-4-6-17(28-3)7-5-14)9-19(23(20)30-24)21-11-16(27)10-18(13-26)29-21/h4-7,9,16,18,21,26-27H,8,10-13H2,1-3H3. The van der Waals surface area contributed by atoms with E-state index in [0.717, 1.165) is 38.8 Å². The molecule has 2 aromatic carbocycles. The van der Waals surface area contributed by atoms with Crippen molar-refractivity contribution in [3.8, 4) is 11.5 Å². The minimum Gasteiger partial charge on any atom is -0.497 e. The molecule has 30 heavy (non-hydrogen) atoms. The smallest absolute Gasteiger partial charge is 0.130 e.